The molecule has 0 unspecified atom stereocenters. The molecule has 0 bridgehead atoms. The first-order valence-corrected chi connectivity index (χ1v) is 11.7. The Morgan fingerprint density at radius 3 is 2.47 bits per heavy atom. The smallest absolute Gasteiger partial charge is 0.325 e. The summed E-state index contributed by atoms with van der Waals surface area (Å²) in [6.07, 6.45) is 1.34. The van der Waals surface area contributed by atoms with Crippen LogP contribution in [0, 0.1) is 6.92 Å². The van der Waals surface area contributed by atoms with E-state index in [0.717, 1.165) is 11.3 Å². The molecule has 1 N–H and O–H groups in total. The molecule has 0 atom stereocenters. The van der Waals surface area contributed by atoms with Crippen LogP contribution in [0.5, 0.6) is 0 Å². The highest BCUT2D eigenvalue weighted by Gasteiger charge is 2.42. The number of fused-ring (bicyclic) bond motifs is 1. The third kappa shape index (κ3) is 3.87. The van der Waals surface area contributed by atoms with Crippen molar-refractivity contribution < 1.29 is 13.2 Å². The highest BCUT2D eigenvalue weighted by molar-refractivity contribution is 7.94. The first kappa shape index (κ1) is 21.0. The fraction of sp³-hybridized carbons (Fsp3) is 0.381. The predicted molar refractivity (Wildman–Crippen MR) is 121 cm³/mol. The van der Waals surface area contributed by atoms with Crippen LogP contribution in [-0.4, -0.2) is 51.9 Å². The number of carbonyl (C=O) groups excluding carboxylic acids is 1. The lowest BCUT2D eigenvalue weighted by Crippen LogP contribution is -2.49. The first-order valence-electron chi connectivity index (χ1n) is 9.93. The molecule has 1 fully saturated rings. The topological polar surface area (TPSA) is 73.0 Å². The number of rotatable bonds is 4. The van der Waals surface area contributed by atoms with Crippen LogP contribution in [0.25, 0.3) is 0 Å². The van der Waals surface area contributed by atoms with E-state index in [-0.39, 0.29) is 18.5 Å². The van der Waals surface area contributed by atoms with Crippen LogP contribution in [0.1, 0.15) is 18.4 Å². The Bertz CT molecular complexity index is 1070. The van der Waals surface area contributed by atoms with Crippen molar-refractivity contribution in [3.05, 3.63) is 53.1 Å². The fourth-order valence-electron chi connectivity index (χ4n) is 4.07. The Labute approximate surface area is 182 Å². The maximum absolute atomic E-state index is 12.9. The number of hydrogen-bond donors (Lipinski definition) is 1. The van der Waals surface area contributed by atoms with Gasteiger partial charge >= 0.3 is 10.2 Å². The summed E-state index contributed by atoms with van der Waals surface area (Å²) in [5.41, 5.74) is 3.07. The van der Waals surface area contributed by atoms with Gasteiger partial charge in [0.15, 0.2) is 0 Å². The minimum absolute atomic E-state index is 0.104. The van der Waals surface area contributed by atoms with Crippen LogP contribution in [-0.2, 0) is 15.0 Å². The Morgan fingerprint density at radius 2 is 1.80 bits per heavy atom. The van der Waals surface area contributed by atoms with Crippen molar-refractivity contribution in [2.45, 2.75) is 25.8 Å². The zero-order chi connectivity index (χ0) is 21.5. The number of likely N-dealkylation sites (tertiary alicyclic amines) is 1. The molecule has 0 saturated carbocycles. The fourth-order valence-corrected chi connectivity index (χ4v) is 5.91. The average molecular weight is 449 g/mol. The molecule has 9 heteroatoms. The normalized spacial score (nSPS) is 19.0. The molecule has 0 aliphatic carbocycles. The Balaban J connectivity index is 1.37. The minimum atomic E-state index is -3.56. The van der Waals surface area contributed by atoms with Gasteiger partial charge in [-0.15, -0.1) is 0 Å². The van der Waals surface area contributed by atoms with E-state index >= 15 is 0 Å². The molecule has 0 radical (unpaired) electrons. The predicted octanol–water partition coefficient (Wildman–Crippen LogP) is 3.25. The van der Waals surface area contributed by atoms with Gasteiger partial charge in [-0.25, -0.2) is 4.31 Å². The molecule has 1 saturated heterocycles. The summed E-state index contributed by atoms with van der Waals surface area (Å²) in [5, 5.41) is 3.49. The minimum Gasteiger partial charge on any atom is -0.325 e. The second kappa shape index (κ2) is 8.09. The van der Waals surface area contributed by atoms with Gasteiger partial charge in [-0.1, -0.05) is 29.8 Å². The molecule has 7 nitrogen and oxygen atoms in total. The number of nitrogens with zero attached hydrogens (tertiary/aromatic N) is 3. The van der Waals surface area contributed by atoms with Gasteiger partial charge in [0.25, 0.3) is 0 Å². The second-order valence-electron chi connectivity index (χ2n) is 7.78. The lowest BCUT2D eigenvalue weighted by molar-refractivity contribution is -0.117. The van der Waals surface area contributed by atoms with E-state index in [9.17, 15) is 13.2 Å². The van der Waals surface area contributed by atoms with E-state index in [2.05, 4.69) is 10.2 Å². The highest BCUT2D eigenvalue weighted by Crippen LogP contribution is 2.42. The molecule has 2 aliphatic heterocycles. The van der Waals surface area contributed by atoms with Crippen molar-refractivity contribution in [3.8, 4) is 0 Å². The summed E-state index contributed by atoms with van der Waals surface area (Å²) in [6.45, 7) is 3.49. The number of hydrogen-bond acceptors (Lipinski definition) is 4. The monoisotopic (exact) mass is 448 g/mol. The zero-order valence-electron chi connectivity index (χ0n) is 17.0. The van der Waals surface area contributed by atoms with E-state index in [0.29, 0.717) is 42.3 Å². The van der Waals surface area contributed by atoms with E-state index in [4.69, 9.17) is 11.6 Å². The first-order chi connectivity index (χ1) is 14.3. The number of carbonyl (C=O) groups is 1. The van der Waals surface area contributed by atoms with Crippen molar-refractivity contribution in [2.24, 2.45) is 0 Å². The van der Waals surface area contributed by atoms with E-state index in [1.54, 1.807) is 17.4 Å². The lowest BCUT2D eigenvalue weighted by Gasteiger charge is -2.36. The van der Waals surface area contributed by atoms with Crippen LogP contribution in [0.3, 0.4) is 0 Å². The van der Waals surface area contributed by atoms with E-state index in [1.165, 1.54) is 4.31 Å². The maximum atomic E-state index is 12.9. The molecule has 2 aromatic carbocycles. The third-order valence-electron chi connectivity index (χ3n) is 5.76. The van der Waals surface area contributed by atoms with E-state index < -0.39 is 10.2 Å². The SMILES string of the molecule is Cc1ccc(NC(=O)CN2CCC(N3c4ccccc4N(C)S3(=O)=O)CC2)cc1Cl. The average Bonchev–Trinajstić information content (AvgIpc) is 2.91. The van der Waals surface area contributed by atoms with Crippen LogP contribution in [0.2, 0.25) is 5.02 Å². The van der Waals surface area contributed by atoms with Crippen LogP contribution < -0.4 is 13.9 Å². The molecule has 2 heterocycles. The van der Waals surface area contributed by atoms with Gasteiger partial charge in [-0.2, -0.15) is 8.42 Å². The van der Waals surface area contributed by atoms with Gasteiger partial charge in [-0.3, -0.25) is 14.0 Å². The summed E-state index contributed by atoms with van der Waals surface area (Å²) >= 11 is 6.12. The number of benzene rings is 2. The molecular formula is C21H25ClN4O3S. The molecule has 2 aromatic rings. The second-order valence-corrected chi connectivity index (χ2v) is 10.0. The summed E-state index contributed by atoms with van der Waals surface area (Å²) in [7, 11) is -1.97. The largest absolute Gasteiger partial charge is 0.326 e. The molecule has 0 spiro atoms. The molecule has 4 rings (SSSR count). The number of amides is 1. The Morgan fingerprint density at radius 1 is 1.13 bits per heavy atom. The summed E-state index contributed by atoms with van der Waals surface area (Å²) in [6, 6.07) is 12.7. The number of para-hydroxylation sites is 2. The standard InChI is InChI=1S/C21H25ClN4O3S/c1-15-7-8-16(13-18(15)22)23-21(27)14-25-11-9-17(10-12-25)26-20-6-4-3-5-19(20)24(2)30(26,28)29/h3-8,13,17H,9-12,14H2,1-2H3,(H,23,27). The number of aryl methyl sites for hydroxylation is 1. The molecule has 30 heavy (non-hydrogen) atoms. The highest BCUT2D eigenvalue weighted by atomic mass is 35.5. The summed E-state index contributed by atoms with van der Waals surface area (Å²) in [5.74, 6) is -0.104. The number of anilines is 3. The molecular weight excluding hydrogens is 424 g/mol. The molecule has 2 aliphatic rings. The lowest BCUT2D eigenvalue weighted by atomic mass is 10.0. The number of piperidine rings is 1. The van der Waals surface area contributed by atoms with Crippen molar-refractivity contribution in [1.29, 1.82) is 0 Å². The van der Waals surface area contributed by atoms with Crippen molar-refractivity contribution in [3.63, 3.8) is 0 Å². The van der Waals surface area contributed by atoms with Gasteiger partial charge in [0, 0.05) is 36.9 Å². The Kier molecular flexibility index (Phi) is 5.65. The third-order valence-corrected chi connectivity index (χ3v) is 8.05. The molecule has 160 valence electrons. The van der Waals surface area contributed by atoms with Gasteiger partial charge < -0.3 is 5.32 Å². The summed E-state index contributed by atoms with van der Waals surface area (Å²) in [4.78, 5) is 14.5. The van der Waals surface area contributed by atoms with Crippen LogP contribution >= 0.6 is 11.6 Å². The molecule has 1 amide bonds. The maximum Gasteiger partial charge on any atom is 0.326 e. The van der Waals surface area contributed by atoms with Crippen LogP contribution in [0.4, 0.5) is 17.1 Å². The number of halogens is 1. The summed E-state index contributed by atoms with van der Waals surface area (Å²) < 4.78 is 28.7. The quantitative estimate of drug-likeness (QED) is 0.779. The zero-order valence-corrected chi connectivity index (χ0v) is 18.6. The van der Waals surface area contributed by atoms with Gasteiger partial charge in [0.2, 0.25) is 5.91 Å². The van der Waals surface area contributed by atoms with E-state index in [1.807, 2.05) is 43.3 Å². The molecule has 0 aromatic heterocycles. The number of nitrogens with one attached hydrogen (secondary N) is 1. The van der Waals surface area contributed by atoms with Crippen LogP contribution in [0.15, 0.2) is 42.5 Å². The van der Waals surface area contributed by atoms with Gasteiger partial charge in [0.1, 0.15) is 0 Å². The van der Waals surface area contributed by atoms with Crippen molar-refractivity contribution in [2.75, 3.05) is 40.6 Å². The van der Waals surface area contributed by atoms with Crippen molar-refractivity contribution >= 4 is 44.8 Å². The Hall–Kier alpha value is -2.29. The van der Waals surface area contributed by atoms with Gasteiger partial charge in [-0.05, 0) is 49.6 Å². The van der Waals surface area contributed by atoms with Gasteiger partial charge in [0.05, 0.1) is 17.9 Å². The van der Waals surface area contributed by atoms with Crippen molar-refractivity contribution in [1.82, 2.24) is 4.90 Å².